The predicted molar refractivity (Wildman–Crippen MR) is 137 cm³/mol. The average Bonchev–Trinajstić information content (AvgIpc) is 2.83. The summed E-state index contributed by atoms with van der Waals surface area (Å²) < 4.78 is 11.5. The van der Waals surface area contributed by atoms with Crippen LogP contribution in [0.1, 0.15) is 39.5 Å². The molecular weight excluding hydrogens is 399 g/mol. The summed E-state index contributed by atoms with van der Waals surface area (Å²) >= 11 is 0. The van der Waals surface area contributed by atoms with Gasteiger partial charge < -0.3 is 9.47 Å². The molecule has 164 valence electrons. The zero-order valence-corrected chi connectivity index (χ0v) is 20.3. The van der Waals surface area contributed by atoms with Crippen molar-refractivity contribution in [3.8, 4) is 33.8 Å². The molecule has 0 radical (unpaired) electrons. The highest BCUT2D eigenvalue weighted by atomic mass is 31.1. The van der Waals surface area contributed by atoms with Crippen molar-refractivity contribution in [3.63, 3.8) is 0 Å². The van der Waals surface area contributed by atoms with Gasteiger partial charge in [0.2, 0.25) is 0 Å². The zero-order valence-electron chi connectivity index (χ0n) is 19.4. The summed E-state index contributed by atoms with van der Waals surface area (Å²) in [7, 11) is 3.22. The van der Waals surface area contributed by atoms with E-state index in [0.29, 0.717) is 0 Å². The van der Waals surface area contributed by atoms with Crippen LogP contribution in [0, 0.1) is 0 Å². The molecule has 3 aromatic rings. The molecule has 0 unspecified atom stereocenters. The van der Waals surface area contributed by atoms with Gasteiger partial charge in [0.05, 0.1) is 14.2 Å². The molecule has 3 heteroatoms. The van der Waals surface area contributed by atoms with Crippen molar-refractivity contribution in [2.75, 3.05) is 26.5 Å². The summed E-state index contributed by atoms with van der Waals surface area (Å²) in [5.74, 6) is 1.86. The second kappa shape index (κ2) is 11.9. The maximum atomic E-state index is 5.77. The second-order valence-corrected chi connectivity index (χ2v) is 10.2. The molecule has 0 aromatic heterocycles. The van der Waals surface area contributed by atoms with Crippen molar-refractivity contribution in [3.05, 3.63) is 66.7 Å². The van der Waals surface area contributed by atoms with Crippen molar-refractivity contribution in [2.45, 2.75) is 39.5 Å². The Balaban J connectivity index is 2.28. The van der Waals surface area contributed by atoms with Crippen LogP contribution in [0.2, 0.25) is 0 Å². The molecule has 3 aromatic carbocycles. The number of hydrogen-bond donors (Lipinski definition) is 0. The summed E-state index contributed by atoms with van der Waals surface area (Å²) in [6.07, 6.45) is 7.51. The van der Waals surface area contributed by atoms with Crippen LogP contribution >= 0.6 is 7.92 Å². The van der Waals surface area contributed by atoms with Crippen molar-refractivity contribution in [1.29, 1.82) is 0 Å². The van der Waals surface area contributed by atoms with E-state index in [-0.39, 0.29) is 7.92 Å². The molecule has 0 fully saturated rings. The fraction of sp³-hybridized carbons (Fsp3) is 0.357. The highest BCUT2D eigenvalue weighted by Crippen LogP contribution is 2.46. The van der Waals surface area contributed by atoms with Crippen LogP contribution in [0.4, 0.5) is 0 Å². The molecule has 0 spiro atoms. The molecule has 0 aliphatic carbocycles. The lowest BCUT2D eigenvalue weighted by Gasteiger charge is -2.26. The van der Waals surface area contributed by atoms with Gasteiger partial charge in [0, 0.05) is 11.1 Å². The fourth-order valence-electron chi connectivity index (χ4n) is 4.09. The number of para-hydroxylation sites is 2. The number of rotatable bonds is 11. The Hall–Kier alpha value is -2.31. The molecule has 0 aliphatic rings. The van der Waals surface area contributed by atoms with Crippen LogP contribution in [-0.4, -0.2) is 26.5 Å². The van der Waals surface area contributed by atoms with E-state index in [2.05, 4.69) is 68.4 Å². The summed E-state index contributed by atoms with van der Waals surface area (Å²) in [6.45, 7) is 4.58. The van der Waals surface area contributed by atoms with Gasteiger partial charge in [-0.25, -0.2) is 0 Å². The maximum absolute atomic E-state index is 5.77. The van der Waals surface area contributed by atoms with E-state index in [1.165, 1.54) is 65.6 Å². The van der Waals surface area contributed by atoms with Crippen LogP contribution in [0.3, 0.4) is 0 Å². The largest absolute Gasteiger partial charge is 0.496 e. The molecular formula is C28H35O2P. The first kappa shape index (κ1) is 23.4. The Kier molecular flexibility index (Phi) is 8.98. The Bertz CT molecular complexity index is 893. The topological polar surface area (TPSA) is 18.5 Å². The molecule has 3 rings (SSSR count). The highest BCUT2D eigenvalue weighted by Gasteiger charge is 2.23. The van der Waals surface area contributed by atoms with E-state index < -0.39 is 0 Å². The van der Waals surface area contributed by atoms with E-state index in [1.807, 2.05) is 12.1 Å². The fourth-order valence-corrected chi connectivity index (χ4v) is 7.22. The standard InChI is InChI=1S/C28H35O2P/c1-5-7-20-31(21-8-6-2)28-24(22-14-9-11-18-26(22)29-3)16-13-17-25(28)23-15-10-12-19-27(23)30-4/h9-19H,5-8,20-21H2,1-4H3. The average molecular weight is 435 g/mol. The van der Waals surface area contributed by atoms with Gasteiger partial charge in [-0.1, -0.05) is 89.2 Å². The summed E-state index contributed by atoms with van der Waals surface area (Å²) in [5, 5.41) is 1.49. The minimum atomic E-state index is -0.302. The monoisotopic (exact) mass is 434 g/mol. The van der Waals surface area contributed by atoms with Crippen molar-refractivity contribution >= 4 is 13.2 Å². The van der Waals surface area contributed by atoms with E-state index in [9.17, 15) is 0 Å². The number of methoxy groups -OCH3 is 2. The van der Waals surface area contributed by atoms with Gasteiger partial charge >= 0.3 is 0 Å². The number of unbranched alkanes of at least 4 members (excludes halogenated alkanes) is 2. The molecule has 0 heterocycles. The van der Waals surface area contributed by atoms with E-state index in [0.717, 1.165) is 11.5 Å². The first-order chi connectivity index (χ1) is 15.2. The normalized spacial score (nSPS) is 11.0. The summed E-state index contributed by atoms with van der Waals surface area (Å²) in [5.41, 5.74) is 4.97. The van der Waals surface area contributed by atoms with Gasteiger partial charge in [0.1, 0.15) is 11.5 Å². The Morgan fingerprint density at radius 2 is 1.00 bits per heavy atom. The zero-order chi connectivity index (χ0) is 22.1. The number of benzene rings is 3. The van der Waals surface area contributed by atoms with E-state index >= 15 is 0 Å². The summed E-state index contributed by atoms with van der Waals surface area (Å²) in [4.78, 5) is 0. The highest BCUT2D eigenvalue weighted by molar-refractivity contribution is 7.66. The summed E-state index contributed by atoms with van der Waals surface area (Å²) in [6, 6.07) is 23.6. The maximum Gasteiger partial charge on any atom is 0.126 e. The third-order valence-corrected chi connectivity index (χ3v) is 8.54. The first-order valence-electron chi connectivity index (χ1n) is 11.4. The van der Waals surface area contributed by atoms with Gasteiger partial charge in [-0.15, -0.1) is 0 Å². The van der Waals surface area contributed by atoms with E-state index in [4.69, 9.17) is 9.47 Å². The van der Waals surface area contributed by atoms with Crippen molar-refractivity contribution < 1.29 is 9.47 Å². The van der Waals surface area contributed by atoms with Crippen LogP contribution in [0.5, 0.6) is 11.5 Å². The smallest absolute Gasteiger partial charge is 0.126 e. The molecule has 31 heavy (non-hydrogen) atoms. The lowest BCUT2D eigenvalue weighted by atomic mass is 9.97. The molecule has 0 atom stereocenters. The Morgan fingerprint density at radius 1 is 0.581 bits per heavy atom. The van der Waals surface area contributed by atoms with Gasteiger partial charge in [-0.3, -0.25) is 0 Å². The Labute approximate surface area is 189 Å². The molecule has 0 amide bonds. The first-order valence-corrected chi connectivity index (χ1v) is 13.1. The molecule has 0 saturated carbocycles. The van der Waals surface area contributed by atoms with Crippen LogP contribution in [0.15, 0.2) is 66.7 Å². The number of hydrogen-bond acceptors (Lipinski definition) is 2. The third-order valence-electron chi connectivity index (χ3n) is 5.71. The molecule has 2 nitrogen and oxygen atoms in total. The molecule has 0 bridgehead atoms. The van der Waals surface area contributed by atoms with Gasteiger partial charge in [-0.05, 0) is 53.7 Å². The lowest BCUT2D eigenvalue weighted by Crippen LogP contribution is -2.14. The molecule has 0 saturated heterocycles. The third kappa shape index (κ3) is 5.49. The molecule has 0 aliphatic heterocycles. The van der Waals surface area contributed by atoms with Gasteiger partial charge in [-0.2, -0.15) is 0 Å². The lowest BCUT2D eigenvalue weighted by molar-refractivity contribution is 0.416. The minimum absolute atomic E-state index is 0.302. The van der Waals surface area contributed by atoms with Crippen LogP contribution in [0.25, 0.3) is 22.3 Å². The van der Waals surface area contributed by atoms with Gasteiger partial charge in [0.25, 0.3) is 0 Å². The van der Waals surface area contributed by atoms with Crippen molar-refractivity contribution in [1.82, 2.24) is 0 Å². The number of ether oxygens (including phenoxy) is 2. The SMILES string of the molecule is CCCCP(CCCC)c1c(-c2ccccc2OC)cccc1-c1ccccc1OC. The quantitative estimate of drug-likeness (QED) is 0.287. The minimum Gasteiger partial charge on any atom is -0.496 e. The van der Waals surface area contributed by atoms with E-state index in [1.54, 1.807) is 14.2 Å². The predicted octanol–water partition coefficient (Wildman–Crippen LogP) is 7.75. The van der Waals surface area contributed by atoms with Crippen LogP contribution < -0.4 is 14.8 Å². The van der Waals surface area contributed by atoms with Gasteiger partial charge in [0.15, 0.2) is 0 Å². The van der Waals surface area contributed by atoms with Crippen LogP contribution in [-0.2, 0) is 0 Å². The van der Waals surface area contributed by atoms with Crippen molar-refractivity contribution in [2.24, 2.45) is 0 Å². The second-order valence-electron chi connectivity index (χ2n) is 7.80. The Morgan fingerprint density at radius 3 is 1.42 bits per heavy atom. The molecule has 0 N–H and O–H groups in total.